The molecule has 0 spiro atoms. The molecule has 1 saturated heterocycles. The zero-order valence-electron chi connectivity index (χ0n) is 25.5. The van der Waals surface area contributed by atoms with Crippen molar-refractivity contribution in [2.75, 3.05) is 11.9 Å². The SMILES string of the molecule is CC(C)c1nn(C2CCCCO2)cc1-c1cc(N=C(c2ccccc2)c2ccccc2)c2cnc(NC(=O)[C@@H]3C[C@@H]3F)cc2c1. The molecule has 7 nitrogen and oxygen atoms in total. The zero-order valence-corrected chi connectivity index (χ0v) is 25.5. The molecule has 3 heterocycles. The van der Waals surface area contributed by atoms with E-state index in [1.165, 1.54) is 0 Å². The van der Waals surface area contributed by atoms with Gasteiger partial charge >= 0.3 is 0 Å². The lowest BCUT2D eigenvalue weighted by Crippen LogP contribution is -2.18. The number of halogens is 1. The third-order valence-electron chi connectivity index (χ3n) is 8.51. The van der Waals surface area contributed by atoms with Gasteiger partial charge in [0.15, 0.2) is 0 Å². The Labute approximate surface area is 262 Å². The second-order valence-electron chi connectivity index (χ2n) is 12.2. The molecule has 0 bridgehead atoms. The topological polar surface area (TPSA) is 81.4 Å². The number of benzene rings is 3. The summed E-state index contributed by atoms with van der Waals surface area (Å²) in [5, 5.41) is 9.53. The summed E-state index contributed by atoms with van der Waals surface area (Å²) in [5.74, 6) is -0.374. The molecule has 1 aliphatic carbocycles. The van der Waals surface area contributed by atoms with Crippen molar-refractivity contribution in [2.24, 2.45) is 10.9 Å². The first-order valence-electron chi connectivity index (χ1n) is 15.7. The van der Waals surface area contributed by atoms with E-state index in [0.717, 1.165) is 76.0 Å². The fourth-order valence-corrected chi connectivity index (χ4v) is 5.95. The molecule has 1 aliphatic heterocycles. The summed E-state index contributed by atoms with van der Waals surface area (Å²) in [6.45, 7) is 5.03. The fourth-order valence-electron chi connectivity index (χ4n) is 5.95. The Morgan fingerprint density at radius 1 is 1.02 bits per heavy atom. The Hall–Kier alpha value is -4.69. The first-order chi connectivity index (χ1) is 21.9. The normalized spacial score (nSPS) is 19.4. The number of amides is 1. The largest absolute Gasteiger partial charge is 0.357 e. The average molecular weight is 602 g/mol. The monoisotopic (exact) mass is 601 g/mol. The van der Waals surface area contributed by atoms with Crippen molar-refractivity contribution >= 4 is 33.9 Å². The van der Waals surface area contributed by atoms with E-state index in [-0.39, 0.29) is 24.5 Å². The number of alkyl halides is 1. The van der Waals surface area contributed by atoms with Crippen LogP contribution in [-0.4, -0.2) is 39.2 Å². The van der Waals surface area contributed by atoms with Gasteiger partial charge < -0.3 is 10.1 Å². The number of ether oxygens (including phenoxy) is 1. The smallest absolute Gasteiger partial charge is 0.231 e. The number of nitrogens with one attached hydrogen (secondary N) is 1. The lowest BCUT2D eigenvalue weighted by atomic mass is 9.96. The number of aromatic nitrogens is 3. The lowest BCUT2D eigenvalue weighted by Gasteiger charge is -2.22. The van der Waals surface area contributed by atoms with Crippen LogP contribution in [0.4, 0.5) is 15.9 Å². The highest BCUT2D eigenvalue weighted by atomic mass is 19.1. The summed E-state index contributed by atoms with van der Waals surface area (Å²) in [6, 6.07) is 26.3. The van der Waals surface area contributed by atoms with Crippen LogP contribution < -0.4 is 5.32 Å². The Kier molecular flexibility index (Phi) is 7.98. The van der Waals surface area contributed by atoms with Gasteiger partial charge in [0.1, 0.15) is 18.2 Å². The molecule has 2 aliphatic rings. The van der Waals surface area contributed by atoms with Gasteiger partial charge in [-0.2, -0.15) is 5.10 Å². The molecule has 1 saturated carbocycles. The Bertz CT molecular complexity index is 1820. The summed E-state index contributed by atoms with van der Waals surface area (Å²) in [4.78, 5) is 22.4. The molecule has 8 heteroatoms. The van der Waals surface area contributed by atoms with Crippen LogP contribution in [0.3, 0.4) is 0 Å². The van der Waals surface area contributed by atoms with Gasteiger partial charge in [-0.25, -0.2) is 19.0 Å². The van der Waals surface area contributed by atoms with E-state index in [2.05, 4.69) is 66.7 Å². The maximum absolute atomic E-state index is 13.6. The van der Waals surface area contributed by atoms with E-state index in [0.29, 0.717) is 5.82 Å². The van der Waals surface area contributed by atoms with Crippen molar-refractivity contribution in [1.82, 2.24) is 14.8 Å². The van der Waals surface area contributed by atoms with Gasteiger partial charge in [0.25, 0.3) is 0 Å². The van der Waals surface area contributed by atoms with E-state index in [1.807, 2.05) is 47.1 Å². The Morgan fingerprint density at radius 3 is 2.36 bits per heavy atom. The van der Waals surface area contributed by atoms with Crippen LogP contribution in [0.1, 0.15) is 68.5 Å². The van der Waals surface area contributed by atoms with Gasteiger partial charge in [-0.05, 0) is 60.7 Å². The van der Waals surface area contributed by atoms with E-state index < -0.39 is 12.1 Å². The first-order valence-corrected chi connectivity index (χ1v) is 15.7. The molecular formula is C37H36FN5O2. The summed E-state index contributed by atoms with van der Waals surface area (Å²) >= 11 is 0. The van der Waals surface area contributed by atoms with Crippen molar-refractivity contribution in [3.63, 3.8) is 0 Å². The molecule has 7 rings (SSSR count). The van der Waals surface area contributed by atoms with Crippen LogP contribution in [0.15, 0.2) is 96.2 Å². The van der Waals surface area contributed by atoms with Crippen LogP contribution in [0, 0.1) is 5.92 Å². The molecule has 3 aromatic carbocycles. The molecule has 1 unspecified atom stereocenters. The van der Waals surface area contributed by atoms with Crippen molar-refractivity contribution in [3.05, 3.63) is 108 Å². The van der Waals surface area contributed by atoms with Gasteiger partial charge in [0.2, 0.25) is 5.91 Å². The number of aliphatic imine (C=N–C) groups is 1. The van der Waals surface area contributed by atoms with Crippen molar-refractivity contribution in [2.45, 2.75) is 57.8 Å². The summed E-state index contributed by atoms with van der Waals surface area (Å²) in [7, 11) is 0. The van der Waals surface area contributed by atoms with Crippen LogP contribution >= 0.6 is 0 Å². The molecule has 228 valence electrons. The van der Waals surface area contributed by atoms with Crippen LogP contribution in [0.5, 0.6) is 0 Å². The number of anilines is 1. The number of rotatable bonds is 8. The quantitative estimate of drug-likeness (QED) is 0.181. The molecule has 1 amide bonds. The molecule has 0 radical (unpaired) electrons. The number of pyridine rings is 1. The van der Waals surface area contributed by atoms with Gasteiger partial charge in [0.05, 0.1) is 23.0 Å². The number of hydrogen-bond donors (Lipinski definition) is 1. The predicted molar refractivity (Wildman–Crippen MR) is 176 cm³/mol. The van der Waals surface area contributed by atoms with Gasteiger partial charge in [0, 0.05) is 41.1 Å². The van der Waals surface area contributed by atoms with Gasteiger partial charge in [-0.3, -0.25) is 4.79 Å². The minimum atomic E-state index is -1.08. The molecular weight excluding hydrogens is 565 g/mol. The van der Waals surface area contributed by atoms with Gasteiger partial charge in [-0.15, -0.1) is 0 Å². The summed E-state index contributed by atoms with van der Waals surface area (Å²) in [6.07, 6.45) is 6.04. The second-order valence-corrected chi connectivity index (χ2v) is 12.2. The van der Waals surface area contributed by atoms with E-state index in [4.69, 9.17) is 14.8 Å². The van der Waals surface area contributed by atoms with Crippen LogP contribution in [0.25, 0.3) is 21.9 Å². The molecule has 2 fully saturated rings. The highest BCUT2D eigenvalue weighted by molar-refractivity contribution is 6.15. The minimum Gasteiger partial charge on any atom is -0.357 e. The van der Waals surface area contributed by atoms with Crippen molar-refractivity contribution in [1.29, 1.82) is 0 Å². The Morgan fingerprint density at radius 2 is 1.73 bits per heavy atom. The lowest BCUT2D eigenvalue weighted by molar-refractivity contribution is -0.117. The van der Waals surface area contributed by atoms with Crippen LogP contribution in [-0.2, 0) is 9.53 Å². The van der Waals surface area contributed by atoms with E-state index in [9.17, 15) is 9.18 Å². The number of carbonyl (C=O) groups excluding carboxylic acids is 1. The van der Waals surface area contributed by atoms with Crippen LogP contribution in [0.2, 0.25) is 0 Å². The molecule has 3 atom stereocenters. The first kappa shape index (κ1) is 29.0. The van der Waals surface area contributed by atoms with Crippen molar-refractivity contribution in [3.8, 4) is 11.1 Å². The number of nitrogens with zero attached hydrogens (tertiary/aromatic N) is 4. The standard InChI is InChI=1S/C37H36FN5O2/c1-23(2)35-30(22-43(42-35)34-15-9-10-16-45-34)26-17-27-19-33(41-37(44)28-20-31(28)38)39-21-29(27)32(18-26)40-36(24-11-5-3-6-12-24)25-13-7-4-8-14-25/h3-8,11-14,17-19,21-23,28,31,34H,9-10,15-16,20H2,1-2H3,(H,39,41,44)/t28-,31+,34?/m1/s1. The Balaban J connectivity index is 1.40. The second kappa shape index (κ2) is 12.4. The minimum absolute atomic E-state index is 0.0847. The third kappa shape index (κ3) is 6.15. The summed E-state index contributed by atoms with van der Waals surface area (Å²) in [5.41, 5.74) is 6.53. The van der Waals surface area contributed by atoms with Crippen molar-refractivity contribution < 1.29 is 13.9 Å². The highest BCUT2D eigenvalue weighted by Crippen LogP contribution is 2.39. The van der Waals surface area contributed by atoms with E-state index >= 15 is 0 Å². The average Bonchev–Trinajstić information content (AvgIpc) is 3.63. The van der Waals surface area contributed by atoms with E-state index in [1.54, 1.807) is 6.20 Å². The predicted octanol–water partition coefficient (Wildman–Crippen LogP) is 8.39. The fraction of sp³-hybridized carbons (Fsp3) is 0.297. The number of fused-ring (bicyclic) bond motifs is 1. The highest BCUT2D eigenvalue weighted by Gasteiger charge is 2.43. The maximum Gasteiger partial charge on any atom is 0.231 e. The number of hydrogen-bond acceptors (Lipinski definition) is 5. The maximum atomic E-state index is 13.6. The molecule has 2 aromatic heterocycles. The third-order valence-corrected chi connectivity index (χ3v) is 8.51. The molecule has 45 heavy (non-hydrogen) atoms. The molecule has 1 N–H and O–H groups in total. The summed E-state index contributed by atoms with van der Waals surface area (Å²) < 4.78 is 21.7. The number of carbonyl (C=O) groups is 1. The zero-order chi connectivity index (χ0) is 30.9. The molecule has 5 aromatic rings. The van der Waals surface area contributed by atoms with Gasteiger partial charge in [-0.1, -0.05) is 74.5 Å².